The van der Waals surface area contributed by atoms with Gasteiger partial charge in [0.25, 0.3) is 0 Å². The van der Waals surface area contributed by atoms with Gasteiger partial charge in [0.1, 0.15) is 116 Å². The Morgan fingerprint density at radius 1 is 0.437 bits per heavy atom. The fourth-order valence-corrected chi connectivity index (χ4v) is 15.2. The van der Waals surface area contributed by atoms with Crippen LogP contribution in [-0.4, -0.2) is 313 Å². The molecule has 10 rings (SSSR count). The third kappa shape index (κ3) is 15.6. The summed E-state index contributed by atoms with van der Waals surface area (Å²) in [6.45, 7) is 7.78. The van der Waals surface area contributed by atoms with Crippen LogP contribution in [0.5, 0.6) is 0 Å². The standard InChI is InChI=1S/C66H90O37/c1-7-25-27(30(18-90-59(25)100-63-51(80)47(76)43(72)36(14-68)96-63)57(86)94-34-11-28-31(55(84)88-5)19-92-61(40(28)22(34)3)102-65-53(82)49(78)45(74)38(16-70)98-65)10-9-24(13-67)42-26(8-2)60(101-64-52(81)48(77)44(73)37(15-69)97-64)91-21-33(42)58(87)95-35-12-29-32(56(85)89-6)20-93-62(41(29)23(35)4)103-66-54(83)50(79)46(75)39(17-71)99-66/h7-9,13,18-23,25-29,34-54,59-66,68-83H,1-2,10-12,14-17H2,3-6H3/b24-9-/t22-,23-,25+,26+,27-,28+,29+,34+,35-,36+,37+,38+,39+,40+,41+,42-,43+,44+,45+,46+,47-,48-,49-,50-,51+,52+,53+,54+,59-,60-,61-,62-,63-,64-,65-,66-/m0/s1. The van der Waals surface area contributed by atoms with Crippen molar-refractivity contribution in [3.63, 3.8) is 0 Å². The molecule has 6 fully saturated rings. The molecule has 16 N–H and O–H groups in total. The van der Waals surface area contributed by atoms with Gasteiger partial charge in [-0.05, 0) is 24.8 Å². The van der Waals surface area contributed by atoms with Gasteiger partial charge in [0.05, 0.1) is 93.9 Å². The molecule has 0 spiro atoms. The summed E-state index contributed by atoms with van der Waals surface area (Å²) in [6, 6.07) is 0. The van der Waals surface area contributed by atoms with Gasteiger partial charge < -0.3 is 157 Å². The van der Waals surface area contributed by atoms with E-state index < -0.39 is 282 Å². The second-order valence-electron chi connectivity index (χ2n) is 26.8. The van der Waals surface area contributed by atoms with E-state index in [1.807, 2.05) is 0 Å². The van der Waals surface area contributed by atoms with Crippen LogP contribution in [0.25, 0.3) is 0 Å². The second-order valence-corrected chi connectivity index (χ2v) is 26.8. The largest absolute Gasteiger partial charge is 0.472 e. The monoisotopic (exact) mass is 1470 g/mol. The summed E-state index contributed by atoms with van der Waals surface area (Å²) in [4.78, 5) is 71.3. The number of aliphatic hydroxyl groups is 16. The van der Waals surface area contributed by atoms with Crippen molar-refractivity contribution in [3.8, 4) is 0 Å². The molecule has 10 aliphatic rings. The lowest BCUT2D eigenvalue weighted by Crippen LogP contribution is -2.60. The zero-order chi connectivity index (χ0) is 74.9. The highest BCUT2D eigenvalue weighted by atomic mass is 16.8. The topological polar surface area (TPSA) is 557 Å². The number of fused-ring (bicyclic) bond motifs is 2. The zero-order valence-corrected chi connectivity index (χ0v) is 56.0. The maximum atomic E-state index is 15.3. The normalized spacial score (nSPS) is 45.3. The van der Waals surface area contributed by atoms with E-state index in [2.05, 4.69) is 13.2 Å². The number of carbonyl (C=O) groups excluding carboxylic acids is 5. The first kappa shape index (κ1) is 79.5. The molecule has 2 saturated carbocycles. The highest BCUT2D eigenvalue weighted by molar-refractivity contribution is 5.93. The minimum atomic E-state index is -2.02. The van der Waals surface area contributed by atoms with Gasteiger partial charge in [-0.3, -0.25) is 4.79 Å². The third-order valence-electron chi connectivity index (χ3n) is 21.2. The van der Waals surface area contributed by atoms with Crippen molar-refractivity contribution in [1.29, 1.82) is 0 Å². The number of aldehydes is 1. The lowest BCUT2D eigenvalue weighted by molar-refractivity contribution is -0.342. The molecule has 0 aromatic rings. The third-order valence-corrected chi connectivity index (χ3v) is 21.2. The number of allylic oxidation sites excluding steroid dienone is 2. The van der Waals surface area contributed by atoms with Gasteiger partial charge in [-0.25, -0.2) is 19.2 Å². The zero-order valence-electron chi connectivity index (χ0n) is 56.0. The first-order valence-electron chi connectivity index (χ1n) is 33.4. The Kier molecular flexibility index (Phi) is 26.1. The Morgan fingerprint density at radius 3 is 1.10 bits per heavy atom. The van der Waals surface area contributed by atoms with Gasteiger partial charge in [-0.15, -0.1) is 13.2 Å². The molecule has 8 aliphatic heterocycles. The van der Waals surface area contributed by atoms with Crippen molar-refractivity contribution in [2.45, 2.75) is 193 Å². The predicted molar refractivity (Wildman–Crippen MR) is 330 cm³/mol. The molecule has 0 unspecified atom stereocenters. The summed E-state index contributed by atoms with van der Waals surface area (Å²) in [5.74, 6) is -15.1. The van der Waals surface area contributed by atoms with Gasteiger partial charge >= 0.3 is 23.9 Å². The quantitative estimate of drug-likeness (QED) is 0.0140. The number of hydrogen-bond donors (Lipinski definition) is 16. The summed E-state index contributed by atoms with van der Waals surface area (Å²) in [7, 11) is 2.22. The molecule has 0 amide bonds. The number of rotatable bonds is 24. The van der Waals surface area contributed by atoms with Gasteiger partial charge in [-0.2, -0.15) is 0 Å². The average Bonchev–Trinajstić information content (AvgIpc) is 1.67. The number of ether oxygens (including phenoxy) is 16. The molecule has 37 heteroatoms. The number of methoxy groups -OCH3 is 2. The van der Waals surface area contributed by atoms with Crippen LogP contribution in [-0.2, 0) is 99.8 Å². The minimum absolute atomic E-state index is 0.0243. The first-order chi connectivity index (χ1) is 49.1. The first-order valence-corrected chi connectivity index (χ1v) is 33.4. The molecule has 103 heavy (non-hydrogen) atoms. The fraction of sp³-hybridized carbons (Fsp3) is 0.712. The van der Waals surface area contributed by atoms with E-state index in [1.54, 1.807) is 13.8 Å². The maximum absolute atomic E-state index is 15.3. The molecule has 0 bridgehead atoms. The SMILES string of the molecule is C=C[C@H]1[C@H](O[C@@H]2O[C@H](CO)[C@@H](O)[C@H](O)[C@H]2O)OC=C(C(=O)O[C@@H]2C[C@@H]3C(C(=O)OC)=CO[C@@H](O[C@@H]4O[C@H](CO)[C@@H](O)[C@H](O)[C@H]4O)[C@@H]3[C@H]2C)[C@H]1C/C=C(/C=O)[C@@H]1C(C(=O)O[C@H]2C[C@@H]3C(C(=O)OC)=CO[C@@H](O[C@@H]4O[C@H](CO)[C@@H](O)[C@H](O)[C@H]4O)[C@@H]3[C@H]2C)=CO[C@@H](O[C@@H]2O[C@H](CO)[C@@H](O)[C@H](O)[C@H]2O)[C@@H]1C=C. The van der Waals surface area contributed by atoms with Gasteiger partial charge in [0, 0.05) is 53.3 Å². The van der Waals surface area contributed by atoms with Crippen LogP contribution >= 0.6 is 0 Å². The van der Waals surface area contributed by atoms with E-state index in [9.17, 15) is 96.1 Å². The van der Waals surface area contributed by atoms with E-state index in [-0.39, 0.29) is 35.1 Å². The molecule has 37 nitrogen and oxygen atoms in total. The lowest BCUT2D eigenvalue weighted by Gasteiger charge is -2.43. The highest BCUT2D eigenvalue weighted by Crippen LogP contribution is 2.52. The smallest absolute Gasteiger partial charge is 0.338 e. The van der Waals surface area contributed by atoms with Crippen molar-refractivity contribution in [2.75, 3.05) is 40.6 Å². The molecule has 576 valence electrons. The van der Waals surface area contributed by atoms with E-state index in [0.717, 1.165) is 39.3 Å². The summed E-state index contributed by atoms with van der Waals surface area (Å²) in [5.41, 5.74) is -1.13. The van der Waals surface area contributed by atoms with Crippen LogP contribution < -0.4 is 0 Å². The molecular formula is C66H90O37. The number of aliphatic hydroxyl groups excluding tert-OH is 16. The maximum Gasteiger partial charge on any atom is 0.338 e. The molecule has 0 radical (unpaired) electrons. The number of esters is 4. The van der Waals surface area contributed by atoms with E-state index >= 15 is 9.59 Å². The Labute approximate surface area is 587 Å². The van der Waals surface area contributed by atoms with E-state index in [0.29, 0.717) is 6.29 Å². The highest BCUT2D eigenvalue weighted by Gasteiger charge is 2.59. The van der Waals surface area contributed by atoms with Crippen molar-refractivity contribution < 1.29 is 181 Å². The molecule has 2 aliphatic carbocycles. The fourth-order valence-electron chi connectivity index (χ4n) is 15.2. The molecule has 36 atom stereocenters. The summed E-state index contributed by atoms with van der Waals surface area (Å²) in [5, 5.41) is 169. The summed E-state index contributed by atoms with van der Waals surface area (Å²) < 4.78 is 93.4. The Balaban J connectivity index is 0.986. The van der Waals surface area contributed by atoms with Crippen LogP contribution in [0.15, 0.2) is 84.3 Å². The summed E-state index contributed by atoms with van der Waals surface area (Å²) in [6.07, 6.45) is -37.1. The van der Waals surface area contributed by atoms with Gasteiger partial charge in [-0.1, -0.05) is 32.1 Å². The van der Waals surface area contributed by atoms with Crippen LogP contribution in [0, 0.1) is 59.2 Å². The Hall–Kier alpha value is -6.03. The van der Waals surface area contributed by atoms with Crippen LogP contribution in [0.4, 0.5) is 0 Å². The van der Waals surface area contributed by atoms with Crippen molar-refractivity contribution >= 4 is 30.2 Å². The number of hydrogen-bond acceptors (Lipinski definition) is 37. The summed E-state index contributed by atoms with van der Waals surface area (Å²) >= 11 is 0. The average molecular weight is 1480 g/mol. The lowest BCUT2D eigenvalue weighted by atomic mass is 9.76. The molecule has 4 saturated heterocycles. The van der Waals surface area contributed by atoms with Crippen LogP contribution in [0.3, 0.4) is 0 Å². The van der Waals surface area contributed by atoms with Gasteiger partial charge in [0.2, 0.25) is 25.2 Å². The van der Waals surface area contributed by atoms with Crippen molar-refractivity contribution in [3.05, 3.63) is 84.3 Å². The van der Waals surface area contributed by atoms with Gasteiger partial charge in [0.15, 0.2) is 25.2 Å². The second kappa shape index (κ2) is 33.8. The molecule has 8 heterocycles. The molecular weight excluding hydrogens is 1380 g/mol. The van der Waals surface area contributed by atoms with E-state index in [4.69, 9.17) is 75.8 Å². The Morgan fingerprint density at radius 2 is 0.757 bits per heavy atom. The molecule has 0 aromatic heterocycles. The Bertz CT molecular complexity index is 3170. The van der Waals surface area contributed by atoms with Crippen LogP contribution in [0.1, 0.15) is 33.1 Å². The van der Waals surface area contributed by atoms with Crippen molar-refractivity contribution in [1.82, 2.24) is 0 Å². The van der Waals surface area contributed by atoms with E-state index in [1.165, 1.54) is 18.2 Å². The predicted octanol–water partition coefficient (Wildman–Crippen LogP) is -6.72. The minimum Gasteiger partial charge on any atom is -0.472 e. The van der Waals surface area contributed by atoms with Crippen LogP contribution in [0.2, 0.25) is 0 Å². The van der Waals surface area contributed by atoms with Crippen molar-refractivity contribution in [2.24, 2.45) is 59.2 Å². The molecule has 0 aromatic carbocycles. The number of carbonyl (C=O) groups is 5.